The van der Waals surface area contributed by atoms with E-state index in [1.165, 1.54) is 12.8 Å². The van der Waals surface area contributed by atoms with E-state index in [0.29, 0.717) is 18.1 Å². The molecule has 1 aliphatic heterocycles. The maximum atomic E-state index is 8.78. The molecule has 3 rings (SSSR count). The molecule has 0 amide bonds. The monoisotopic (exact) mass is 311 g/mol. The number of hydrogen-bond acceptors (Lipinski definition) is 5. The van der Waals surface area contributed by atoms with E-state index in [-0.39, 0.29) is 0 Å². The first kappa shape index (κ1) is 15.5. The lowest BCUT2D eigenvalue weighted by Gasteiger charge is -2.32. The minimum atomic E-state index is 0.625. The highest BCUT2D eigenvalue weighted by molar-refractivity contribution is 5.34. The third kappa shape index (κ3) is 4.54. The molecule has 0 aliphatic carbocycles. The van der Waals surface area contributed by atoms with Crippen LogP contribution in [0.25, 0.3) is 0 Å². The van der Waals surface area contributed by atoms with E-state index in [1.54, 1.807) is 24.8 Å². The van der Waals surface area contributed by atoms with Crippen molar-refractivity contribution in [3.8, 4) is 11.8 Å². The van der Waals surface area contributed by atoms with Crippen LogP contribution >= 0.6 is 0 Å². The molecule has 1 saturated heterocycles. The van der Waals surface area contributed by atoms with Gasteiger partial charge in [0.05, 0.1) is 11.6 Å². The molecule has 6 heteroatoms. The number of aromatic nitrogens is 3. The van der Waals surface area contributed by atoms with Crippen molar-refractivity contribution >= 4 is 0 Å². The molecule has 0 saturated carbocycles. The van der Waals surface area contributed by atoms with Crippen LogP contribution in [0.1, 0.15) is 18.4 Å². The Labute approximate surface area is 136 Å². The minimum Gasteiger partial charge on any atom is -0.492 e. The highest BCUT2D eigenvalue weighted by Crippen LogP contribution is 2.18. The van der Waals surface area contributed by atoms with Crippen LogP contribution in [0.2, 0.25) is 0 Å². The summed E-state index contributed by atoms with van der Waals surface area (Å²) in [5.74, 6) is 1.44. The van der Waals surface area contributed by atoms with Gasteiger partial charge in [0.15, 0.2) is 0 Å². The molecule has 1 fully saturated rings. The van der Waals surface area contributed by atoms with Crippen molar-refractivity contribution in [3.05, 3.63) is 42.5 Å². The molecule has 1 atom stereocenters. The van der Waals surface area contributed by atoms with Gasteiger partial charge >= 0.3 is 0 Å². The highest BCUT2D eigenvalue weighted by atomic mass is 16.5. The largest absolute Gasteiger partial charge is 0.492 e. The number of likely N-dealkylation sites (tertiary alicyclic amines) is 1. The molecule has 2 heterocycles. The topological polar surface area (TPSA) is 67.0 Å². The van der Waals surface area contributed by atoms with Gasteiger partial charge < -0.3 is 4.74 Å². The van der Waals surface area contributed by atoms with Gasteiger partial charge in [-0.05, 0) is 49.6 Å². The van der Waals surface area contributed by atoms with Crippen LogP contribution < -0.4 is 4.74 Å². The lowest BCUT2D eigenvalue weighted by molar-refractivity contribution is 0.136. The van der Waals surface area contributed by atoms with Crippen molar-refractivity contribution in [1.29, 1.82) is 5.26 Å². The summed E-state index contributed by atoms with van der Waals surface area (Å²) in [7, 11) is 0. The van der Waals surface area contributed by atoms with Crippen LogP contribution in [0, 0.1) is 17.2 Å². The number of hydrogen-bond donors (Lipinski definition) is 0. The third-order valence-electron chi connectivity index (χ3n) is 4.17. The van der Waals surface area contributed by atoms with E-state index >= 15 is 0 Å². The van der Waals surface area contributed by atoms with Crippen LogP contribution in [0.15, 0.2) is 36.9 Å². The molecule has 120 valence electrons. The molecular formula is C17H21N5O. The zero-order valence-corrected chi connectivity index (χ0v) is 13.1. The Balaban J connectivity index is 1.41. The number of rotatable bonds is 6. The van der Waals surface area contributed by atoms with Gasteiger partial charge in [0.25, 0.3) is 0 Å². The van der Waals surface area contributed by atoms with Crippen molar-refractivity contribution < 1.29 is 4.74 Å². The van der Waals surface area contributed by atoms with Gasteiger partial charge in [-0.1, -0.05) is 0 Å². The fraction of sp³-hybridized carbons (Fsp3) is 0.471. The molecule has 1 aromatic heterocycles. The smallest absolute Gasteiger partial charge is 0.137 e. The van der Waals surface area contributed by atoms with E-state index in [4.69, 9.17) is 10.00 Å². The van der Waals surface area contributed by atoms with E-state index in [0.717, 1.165) is 31.9 Å². The van der Waals surface area contributed by atoms with Crippen molar-refractivity contribution in [2.45, 2.75) is 19.4 Å². The molecular weight excluding hydrogens is 290 g/mol. The molecule has 0 radical (unpaired) electrons. The predicted octanol–water partition coefficient (Wildman–Crippen LogP) is 1.94. The SMILES string of the molecule is N#Cc1ccc(OCCN2CCCC(Cn3cncn3)C2)cc1. The van der Waals surface area contributed by atoms with Crippen molar-refractivity contribution in [2.75, 3.05) is 26.2 Å². The second-order valence-corrected chi connectivity index (χ2v) is 5.91. The Morgan fingerprint density at radius 2 is 2.17 bits per heavy atom. The van der Waals surface area contributed by atoms with Crippen LogP contribution in [-0.4, -0.2) is 45.9 Å². The van der Waals surface area contributed by atoms with Crippen molar-refractivity contribution in [1.82, 2.24) is 19.7 Å². The number of nitriles is 1. The average molecular weight is 311 g/mol. The summed E-state index contributed by atoms with van der Waals surface area (Å²) in [5, 5.41) is 13.0. The second-order valence-electron chi connectivity index (χ2n) is 5.91. The van der Waals surface area contributed by atoms with Crippen molar-refractivity contribution in [3.63, 3.8) is 0 Å². The fourth-order valence-corrected chi connectivity index (χ4v) is 3.01. The highest BCUT2D eigenvalue weighted by Gasteiger charge is 2.20. The Bertz CT molecular complexity index is 632. The number of piperidine rings is 1. The number of ether oxygens (including phenoxy) is 1. The molecule has 0 bridgehead atoms. The Morgan fingerprint density at radius 3 is 2.91 bits per heavy atom. The summed E-state index contributed by atoms with van der Waals surface area (Å²) >= 11 is 0. The second kappa shape index (κ2) is 7.75. The van der Waals surface area contributed by atoms with Gasteiger partial charge in [-0.2, -0.15) is 10.4 Å². The first-order valence-corrected chi connectivity index (χ1v) is 8.01. The normalized spacial score (nSPS) is 18.5. The molecule has 1 unspecified atom stereocenters. The van der Waals surface area contributed by atoms with E-state index < -0.39 is 0 Å². The molecule has 1 aliphatic rings. The Morgan fingerprint density at radius 1 is 1.30 bits per heavy atom. The summed E-state index contributed by atoms with van der Waals surface area (Å²) in [4.78, 5) is 6.45. The lowest BCUT2D eigenvalue weighted by Crippen LogP contribution is -2.39. The fourth-order valence-electron chi connectivity index (χ4n) is 3.01. The minimum absolute atomic E-state index is 0.625. The van der Waals surface area contributed by atoms with Crippen LogP contribution in [0.5, 0.6) is 5.75 Å². The quantitative estimate of drug-likeness (QED) is 0.815. The van der Waals surface area contributed by atoms with Crippen LogP contribution in [-0.2, 0) is 6.54 Å². The predicted molar refractivity (Wildman–Crippen MR) is 85.8 cm³/mol. The maximum absolute atomic E-state index is 8.78. The molecule has 6 nitrogen and oxygen atoms in total. The standard InChI is InChI=1S/C17H21N5O/c18-10-15-3-5-17(6-4-15)23-9-8-21-7-1-2-16(11-21)12-22-14-19-13-20-22/h3-6,13-14,16H,1-2,7-9,11-12H2. The summed E-state index contributed by atoms with van der Waals surface area (Å²) in [6.45, 7) is 4.74. The Kier molecular flexibility index (Phi) is 5.22. The van der Waals surface area contributed by atoms with E-state index in [2.05, 4.69) is 21.1 Å². The lowest BCUT2D eigenvalue weighted by atomic mass is 9.98. The van der Waals surface area contributed by atoms with Gasteiger partial charge in [0.1, 0.15) is 25.0 Å². The number of benzene rings is 1. The zero-order valence-electron chi connectivity index (χ0n) is 13.1. The Hall–Kier alpha value is -2.39. The first-order valence-electron chi connectivity index (χ1n) is 8.01. The van der Waals surface area contributed by atoms with Crippen LogP contribution in [0.3, 0.4) is 0 Å². The summed E-state index contributed by atoms with van der Waals surface area (Å²) in [6, 6.07) is 9.37. The summed E-state index contributed by atoms with van der Waals surface area (Å²) < 4.78 is 7.69. The molecule has 0 spiro atoms. The third-order valence-corrected chi connectivity index (χ3v) is 4.17. The van der Waals surface area contributed by atoms with Gasteiger partial charge in [-0.15, -0.1) is 0 Å². The summed E-state index contributed by atoms with van der Waals surface area (Å²) in [5.41, 5.74) is 0.657. The average Bonchev–Trinajstić information content (AvgIpc) is 3.09. The maximum Gasteiger partial charge on any atom is 0.137 e. The van der Waals surface area contributed by atoms with Crippen LogP contribution in [0.4, 0.5) is 0 Å². The number of nitrogens with zero attached hydrogens (tertiary/aromatic N) is 5. The summed E-state index contributed by atoms with van der Waals surface area (Å²) in [6.07, 6.45) is 5.84. The van der Waals surface area contributed by atoms with Gasteiger partial charge in [0.2, 0.25) is 0 Å². The van der Waals surface area contributed by atoms with E-state index in [9.17, 15) is 0 Å². The molecule has 1 aromatic carbocycles. The molecule has 0 N–H and O–H groups in total. The van der Waals surface area contributed by atoms with Gasteiger partial charge in [-0.3, -0.25) is 9.58 Å². The molecule has 2 aromatic rings. The zero-order chi connectivity index (χ0) is 15.9. The van der Waals surface area contributed by atoms with E-state index in [1.807, 2.05) is 16.8 Å². The van der Waals surface area contributed by atoms with Gasteiger partial charge in [-0.25, -0.2) is 4.98 Å². The van der Waals surface area contributed by atoms with Crippen molar-refractivity contribution in [2.24, 2.45) is 5.92 Å². The molecule has 23 heavy (non-hydrogen) atoms. The first-order chi connectivity index (χ1) is 11.3. The van der Waals surface area contributed by atoms with Gasteiger partial charge in [0, 0.05) is 19.6 Å².